The lowest BCUT2D eigenvalue weighted by molar-refractivity contribution is 0.0125. The minimum Gasteiger partial charge on any atom is -0.493 e. The molecular formula is C22H24N2O6. The van der Waals surface area contributed by atoms with Crippen molar-refractivity contribution in [1.29, 1.82) is 0 Å². The summed E-state index contributed by atoms with van der Waals surface area (Å²) in [6.07, 6.45) is 2.61. The minimum absolute atomic E-state index is 0.0677. The van der Waals surface area contributed by atoms with Crippen LogP contribution in [-0.4, -0.2) is 46.5 Å². The summed E-state index contributed by atoms with van der Waals surface area (Å²) >= 11 is 0. The topological polar surface area (TPSA) is 114 Å². The van der Waals surface area contributed by atoms with E-state index in [-0.39, 0.29) is 25.0 Å². The number of nitrogens with one attached hydrogen (secondary N) is 1. The Morgan fingerprint density at radius 3 is 2.80 bits per heavy atom. The van der Waals surface area contributed by atoms with E-state index < -0.39 is 5.54 Å². The van der Waals surface area contributed by atoms with E-state index in [4.69, 9.17) is 13.9 Å². The summed E-state index contributed by atoms with van der Waals surface area (Å²) < 4.78 is 16.9. The van der Waals surface area contributed by atoms with Crippen LogP contribution in [0.4, 0.5) is 0 Å². The van der Waals surface area contributed by atoms with Gasteiger partial charge in [0, 0.05) is 30.9 Å². The molecule has 0 spiro atoms. The highest BCUT2D eigenvalue weighted by atomic mass is 16.5. The summed E-state index contributed by atoms with van der Waals surface area (Å²) in [5, 5.41) is 23.0. The van der Waals surface area contributed by atoms with Crippen molar-refractivity contribution < 1.29 is 28.9 Å². The van der Waals surface area contributed by atoms with Crippen molar-refractivity contribution in [3.05, 3.63) is 53.4 Å². The summed E-state index contributed by atoms with van der Waals surface area (Å²) in [4.78, 5) is 16.8. The number of aryl methyl sites for hydroxylation is 1. The minimum atomic E-state index is -0.692. The van der Waals surface area contributed by atoms with Gasteiger partial charge in [0.05, 0.1) is 17.7 Å². The number of carbonyl (C=O) groups excluding carboxylic acids is 1. The maximum Gasteiger partial charge on any atom is 0.255 e. The zero-order valence-corrected chi connectivity index (χ0v) is 16.7. The first-order valence-corrected chi connectivity index (χ1v) is 9.81. The first-order chi connectivity index (χ1) is 14.5. The molecule has 0 aliphatic carbocycles. The van der Waals surface area contributed by atoms with Gasteiger partial charge in [-0.3, -0.25) is 4.79 Å². The van der Waals surface area contributed by atoms with Crippen LogP contribution in [0.3, 0.4) is 0 Å². The van der Waals surface area contributed by atoms with Gasteiger partial charge < -0.3 is 29.4 Å². The molecule has 30 heavy (non-hydrogen) atoms. The third kappa shape index (κ3) is 4.10. The molecule has 8 nitrogen and oxygen atoms in total. The van der Waals surface area contributed by atoms with Crippen LogP contribution in [0.15, 0.2) is 40.9 Å². The number of amides is 1. The van der Waals surface area contributed by atoms with Crippen molar-refractivity contribution in [2.75, 3.05) is 19.8 Å². The zero-order valence-electron chi connectivity index (χ0n) is 16.7. The molecule has 1 aliphatic heterocycles. The van der Waals surface area contributed by atoms with Crippen LogP contribution in [0.1, 0.15) is 34.5 Å². The number of ether oxygens (including phenoxy) is 2. The lowest BCUT2D eigenvalue weighted by atomic mass is 9.90. The van der Waals surface area contributed by atoms with E-state index in [1.165, 1.54) is 12.3 Å². The number of benzene rings is 1. The van der Waals surface area contributed by atoms with Crippen molar-refractivity contribution in [3.8, 4) is 11.6 Å². The van der Waals surface area contributed by atoms with Crippen LogP contribution in [0, 0.1) is 6.92 Å². The third-order valence-corrected chi connectivity index (χ3v) is 5.41. The monoisotopic (exact) mass is 412 g/mol. The number of aromatic nitrogens is 1. The van der Waals surface area contributed by atoms with Gasteiger partial charge >= 0.3 is 0 Å². The van der Waals surface area contributed by atoms with Gasteiger partial charge in [-0.1, -0.05) is 0 Å². The number of hydrogen-bond donors (Lipinski definition) is 3. The van der Waals surface area contributed by atoms with E-state index >= 15 is 0 Å². The number of aliphatic hydroxyl groups excluding tert-OH is 1. The second kappa shape index (κ2) is 8.33. The number of aromatic hydroxyl groups is 1. The second-order valence-electron chi connectivity index (χ2n) is 7.51. The lowest BCUT2D eigenvalue weighted by Crippen LogP contribution is -2.54. The summed E-state index contributed by atoms with van der Waals surface area (Å²) in [5.74, 6) is 0.704. The van der Waals surface area contributed by atoms with E-state index in [2.05, 4.69) is 10.3 Å². The molecule has 1 fully saturated rings. The van der Waals surface area contributed by atoms with Gasteiger partial charge in [-0.15, -0.1) is 0 Å². The van der Waals surface area contributed by atoms with Gasteiger partial charge in [0.25, 0.3) is 5.91 Å². The predicted molar refractivity (Wildman–Crippen MR) is 109 cm³/mol. The summed E-state index contributed by atoms with van der Waals surface area (Å²) in [6.45, 7) is 2.82. The van der Waals surface area contributed by atoms with Gasteiger partial charge in [0.1, 0.15) is 23.7 Å². The molecule has 1 saturated heterocycles. The zero-order chi connectivity index (χ0) is 21.1. The van der Waals surface area contributed by atoms with Crippen molar-refractivity contribution in [2.45, 2.75) is 31.9 Å². The number of aliphatic hydroxyl groups is 1. The highest BCUT2D eigenvalue weighted by molar-refractivity contribution is 6.07. The Kier molecular flexibility index (Phi) is 5.61. The average Bonchev–Trinajstić information content (AvgIpc) is 3.08. The first kappa shape index (κ1) is 20.2. The summed E-state index contributed by atoms with van der Waals surface area (Å²) in [6, 6.07) is 8.57. The molecule has 0 unspecified atom stereocenters. The van der Waals surface area contributed by atoms with Crippen molar-refractivity contribution in [3.63, 3.8) is 0 Å². The molecule has 3 N–H and O–H groups in total. The fourth-order valence-corrected chi connectivity index (χ4v) is 3.68. The molecule has 1 amide bonds. The SMILES string of the molecule is Cc1oc2ccc(OCc3ccnc(O)c3)cc2c1C(=O)NC1(CO)CCOCC1. The first-order valence-electron chi connectivity index (χ1n) is 9.81. The highest BCUT2D eigenvalue weighted by Gasteiger charge is 2.35. The molecule has 0 saturated carbocycles. The number of hydrogen-bond acceptors (Lipinski definition) is 7. The third-order valence-electron chi connectivity index (χ3n) is 5.41. The van der Waals surface area contributed by atoms with E-state index in [9.17, 15) is 15.0 Å². The Hall–Kier alpha value is -3.10. The molecule has 4 rings (SSSR count). The Morgan fingerprint density at radius 1 is 1.27 bits per heavy atom. The Bertz CT molecular complexity index is 1050. The number of fused-ring (bicyclic) bond motifs is 1. The summed E-state index contributed by atoms with van der Waals surface area (Å²) in [5.41, 5.74) is 1.09. The molecular weight excluding hydrogens is 388 g/mol. The highest BCUT2D eigenvalue weighted by Crippen LogP contribution is 2.31. The molecule has 0 radical (unpaired) electrons. The molecule has 2 aromatic heterocycles. The van der Waals surface area contributed by atoms with Gasteiger partial charge in [0.15, 0.2) is 0 Å². The van der Waals surface area contributed by atoms with E-state index in [1.807, 2.05) is 0 Å². The van der Waals surface area contributed by atoms with Crippen LogP contribution >= 0.6 is 0 Å². The van der Waals surface area contributed by atoms with Crippen LogP contribution in [-0.2, 0) is 11.3 Å². The van der Waals surface area contributed by atoms with E-state index in [1.54, 1.807) is 31.2 Å². The van der Waals surface area contributed by atoms with Gasteiger partial charge in [0.2, 0.25) is 5.88 Å². The maximum absolute atomic E-state index is 13.1. The number of carbonyl (C=O) groups is 1. The average molecular weight is 412 g/mol. The smallest absolute Gasteiger partial charge is 0.255 e. The van der Waals surface area contributed by atoms with Gasteiger partial charge in [-0.2, -0.15) is 0 Å². The number of pyridine rings is 1. The van der Waals surface area contributed by atoms with E-state index in [0.717, 1.165) is 5.56 Å². The van der Waals surface area contributed by atoms with Crippen LogP contribution in [0.25, 0.3) is 11.0 Å². The van der Waals surface area contributed by atoms with Crippen molar-refractivity contribution in [1.82, 2.24) is 10.3 Å². The molecule has 0 bridgehead atoms. The van der Waals surface area contributed by atoms with E-state index in [0.29, 0.717) is 54.1 Å². The molecule has 1 aromatic carbocycles. The second-order valence-corrected chi connectivity index (χ2v) is 7.51. The van der Waals surface area contributed by atoms with Crippen LogP contribution in [0.5, 0.6) is 11.6 Å². The van der Waals surface area contributed by atoms with Gasteiger partial charge in [-0.25, -0.2) is 4.98 Å². The maximum atomic E-state index is 13.1. The summed E-state index contributed by atoms with van der Waals surface area (Å²) in [7, 11) is 0. The molecule has 8 heteroatoms. The fourth-order valence-electron chi connectivity index (χ4n) is 3.68. The van der Waals surface area contributed by atoms with Crippen LogP contribution in [0.2, 0.25) is 0 Å². The molecule has 158 valence electrons. The molecule has 3 aromatic rings. The molecule has 0 atom stereocenters. The quantitative estimate of drug-likeness (QED) is 0.570. The predicted octanol–water partition coefficient (Wildman–Crippen LogP) is 2.69. The Morgan fingerprint density at radius 2 is 2.07 bits per heavy atom. The van der Waals surface area contributed by atoms with Crippen molar-refractivity contribution in [2.24, 2.45) is 0 Å². The van der Waals surface area contributed by atoms with Gasteiger partial charge in [-0.05, 0) is 49.6 Å². The lowest BCUT2D eigenvalue weighted by Gasteiger charge is -2.36. The number of furan rings is 1. The standard InChI is InChI=1S/C22H24N2O6/c1-14-20(21(27)24-22(13-25)5-8-28-9-6-22)17-11-16(2-3-18(17)30-14)29-12-15-4-7-23-19(26)10-15/h2-4,7,10-11,25H,5-6,8-9,12-13H2,1H3,(H,23,26)(H,24,27). The number of nitrogens with zero attached hydrogens (tertiary/aromatic N) is 1. The Balaban J connectivity index is 1.57. The normalized spacial score (nSPS) is 15.8. The van der Waals surface area contributed by atoms with Crippen LogP contribution < -0.4 is 10.1 Å². The van der Waals surface area contributed by atoms with Crippen molar-refractivity contribution >= 4 is 16.9 Å². The Labute approximate surface area is 173 Å². The number of rotatable bonds is 6. The molecule has 1 aliphatic rings. The molecule has 3 heterocycles. The fraction of sp³-hybridized carbons (Fsp3) is 0.364. The largest absolute Gasteiger partial charge is 0.493 e.